The molecule has 3 rings (SSSR count). The summed E-state index contributed by atoms with van der Waals surface area (Å²) >= 11 is 0. The molecular formula is C25H36N8O. The van der Waals surface area contributed by atoms with Gasteiger partial charge in [0.25, 0.3) is 0 Å². The molecule has 2 aromatic rings. The second kappa shape index (κ2) is 11.1. The molecule has 34 heavy (non-hydrogen) atoms. The van der Waals surface area contributed by atoms with Crippen LogP contribution in [0.15, 0.2) is 42.4 Å². The van der Waals surface area contributed by atoms with Crippen LogP contribution in [0.1, 0.15) is 31.9 Å². The molecule has 1 aromatic heterocycles. The minimum Gasteiger partial charge on any atom is -0.392 e. The average Bonchev–Trinajstić information content (AvgIpc) is 2.82. The van der Waals surface area contributed by atoms with Gasteiger partial charge in [0, 0.05) is 69.5 Å². The van der Waals surface area contributed by atoms with Gasteiger partial charge in [0.1, 0.15) is 0 Å². The highest BCUT2D eigenvalue weighted by Crippen LogP contribution is 2.22. The quantitative estimate of drug-likeness (QED) is 0.469. The molecule has 182 valence electrons. The van der Waals surface area contributed by atoms with Crippen LogP contribution in [0, 0.1) is 12.3 Å². The van der Waals surface area contributed by atoms with Crippen molar-refractivity contribution in [3.05, 3.63) is 53.5 Å². The Morgan fingerprint density at radius 3 is 2.53 bits per heavy atom. The number of carbonyl (C=O) groups is 1. The highest BCUT2D eigenvalue weighted by atomic mass is 16.2. The third kappa shape index (κ3) is 6.54. The van der Waals surface area contributed by atoms with Gasteiger partial charge in [-0.3, -0.25) is 4.90 Å². The molecule has 2 heterocycles. The number of carbonyl (C=O) groups excluding carboxylic acids is 1. The molecule has 1 fully saturated rings. The lowest BCUT2D eigenvalue weighted by Crippen LogP contribution is -2.56. The fraction of sp³-hybridized carbons (Fsp3) is 0.440. The zero-order valence-electron chi connectivity index (χ0n) is 20.8. The monoisotopic (exact) mass is 464 g/mol. The van der Waals surface area contributed by atoms with E-state index in [2.05, 4.69) is 57.7 Å². The summed E-state index contributed by atoms with van der Waals surface area (Å²) in [5.41, 5.74) is 4.58. The van der Waals surface area contributed by atoms with Crippen molar-refractivity contribution in [1.82, 2.24) is 30.4 Å². The van der Waals surface area contributed by atoms with Gasteiger partial charge < -0.3 is 26.3 Å². The van der Waals surface area contributed by atoms with Crippen LogP contribution in [0.4, 0.5) is 10.7 Å². The summed E-state index contributed by atoms with van der Waals surface area (Å²) in [7, 11) is 1.77. The Morgan fingerprint density at radius 2 is 1.91 bits per heavy atom. The Labute approximate surface area is 202 Å². The van der Waals surface area contributed by atoms with Gasteiger partial charge in [-0.25, -0.2) is 14.8 Å². The number of hydrogen-bond donors (Lipinski definition) is 4. The van der Waals surface area contributed by atoms with Gasteiger partial charge in [0.2, 0.25) is 5.95 Å². The van der Waals surface area contributed by atoms with Crippen molar-refractivity contribution in [2.75, 3.05) is 38.5 Å². The van der Waals surface area contributed by atoms with Crippen molar-refractivity contribution in [2.24, 2.45) is 0 Å². The van der Waals surface area contributed by atoms with Gasteiger partial charge in [-0.15, -0.1) is 0 Å². The molecule has 2 amide bonds. The summed E-state index contributed by atoms with van der Waals surface area (Å²) in [6.07, 6.45) is 4.56. The molecule has 1 aliphatic heterocycles. The van der Waals surface area contributed by atoms with E-state index in [1.54, 1.807) is 19.4 Å². The maximum Gasteiger partial charge on any atom is 0.317 e. The van der Waals surface area contributed by atoms with Crippen molar-refractivity contribution in [3.8, 4) is 11.3 Å². The number of rotatable bonds is 7. The fourth-order valence-electron chi connectivity index (χ4n) is 3.89. The first-order chi connectivity index (χ1) is 16.2. The summed E-state index contributed by atoms with van der Waals surface area (Å²) < 4.78 is 0. The van der Waals surface area contributed by atoms with Crippen molar-refractivity contribution in [2.45, 2.75) is 39.8 Å². The zero-order valence-corrected chi connectivity index (χ0v) is 20.8. The molecule has 4 N–H and O–H groups in total. The average molecular weight is 465 g/mol. The van der Waals surface area contributed by atoms with E-state index in [1.165, 1.54) is 6.21 Å². The van der Waals surface area contributed by atoms with Crippen LogP contribution < -0.4 is 16.0 Å². The minimum absolute atomic E-state index is 0.0137. The first kappa shape index (κ1) is 25.2. The summed E-state index contributed by atoms with van der Waals surface area (Å²) in [6.45, 7) is 12.4. The normalized spacial score (nSPS) is 15.1. The Balaban J connectivity index is 1.60. The number of aryl methyl sites for hydroxylation is 1. The topological polar surface area (TPSA) is 109 Å². The second-order valence-corrected chi connectivity index (χ2v) is 9.37. The van der Waals surface area contributed by atoms with Crippen LogP contribution in [0.2, 0.25) is 0 Å². The second-order valence-electron chi connectivity index (χ2n) is 9.37. The SMILES string of the molecule is CN/C=C(\C=N)Nc1nccc(-c2ccc(CNC(=O)N3CCN(C(C)(C)C)CC3)c(C)c2)n1. The first-order valence-electron chi connectivity index (χ1n) is 11.6. The molecule has 0 unspecified atom stereocenters. The Hall–Kier alpha value is -3.46. The van der Waals surface area contributed by atoms with E-state index in [4.69, 9.17) is 5.41 Å². The molecular weight excluding hydrogens is 428 g/mol. The van der Waals surface area contributed by atoms with Crippen LogP contribution in [0.5, 0.6) is 0 Å². The van der Waals surface area contributed by atoms with E-state index >= 15 is 0 Å². The lowest BCUT2D eigenvalue weighted by Gasteiger charge is -2.42. The van der Waals surface area contributed by atoms with E-state index in [9.17, 15) is 4.79 Å². The summed E-state index contributed by atoms with van der Waals surface area (Å²) in [5.74, 6) is 0.419. The Kier molecular flexibility index (Phi) is 8.22. The van der Waals surface area contributed by atoms with Gasteiger partial charge in [-0.2, -0.15) is 0 Å². The van der Waals surface area contributed by atoms with Crippen molar-refractivity contribution < 1.29 is 4.79 Å². The van der Waals surface area contributed by atoms with Gasteiger partial charge >= 0.3 is 6.03 Å². The number of aromatic nitrogens is 2. The van der Waals surface area contributed by atoms with Crippen LogP contribution in [-0.2, 0) is 6.54 Å². The van der Waals surface area contributed by atoms with Crippen molar-refractivity contribution in [3.63, 3.8) is 0 Å². The van der Waals surface area contributed by atoms with E-state index in [0.29, 0.717) is 18.2 Å². The van der Waals surface area contributed by atoms with E-state index in [1.807, 2.05) is 30.0 Å². The van der Waals surface area contributed by atoms with Crippen molar-refractivity contribution >= 4 is 18.2 Å². The lowest BCUT2D eigenvalue weighted by atomic mass is 10.0. The number of nitrogens with one attached hydrogen (secondary N) is 4. The van der Waals surface area contributed by atoms with Crippen LogP contribution in [0.25, 0.3) is 11.3 Å². The third-order valence-corrected chi connectivity index (χ3v) is 5.95. The third-order valence-electron chi connectivity index (χ3n) is 5.95. The highest BCUT2D eigenvalue weighted by molar-refractivity contribution is 5.79. The predicted molar refractivity (Wildman–Crippen MR) is 137 cm³/mol. The number of nitrogens with zero attached hydrogens (tertiary/aromatic N) is 4. The summed E-state index contributed by atoms with van der Waals surface area (Å²) in [5, 5.41) is 16.4. The number of hydrogen-bond acceptors (Lipinski definition) is 7. The van der Waals surface area contributed by atoms with Gasteiger partial charge in [-0.1, -0.05) is 12.1 Å². The smallest absolute Gasteiger partial charge is 0.317 e. The standard InChI is InChI=1S/C25H36N8O/c1-18-14-19(22-8-9-28-23(31-22)30-21(15-26)17-27-5)6-7-20(18)16-29-24(34)32-10-12-33(13-11-32)25(2,3)4/h6-9,14-15,17,26-27H,10-13,16H2,1-5H3,(H,29,34)(H,28,30,31)/b21-17+,26-15?. The summed E-state index contributed by atoms with van der Waals surface area (Å²) in [6, 6.07) is 7.94. The molecule has 0 aliphatic carbocycles. The van der Waals surface area contributed by atoms with Crippen LogP contribution in [-0.4, -0.2) is 70.8 Å². The molecule has 0 bridgehead atoms. The van der Waals surface area contributed by atoms with Crippen LogP contribution in [0.3, 0.4) is 0 Å². The number of amides is 2. The molecule has 1 aliphatic rings. The minimum atomic E-state index is -0.0137. The van der Waals surface area contributed by atoms with E-state index in [-0.39, 0.29) is 11.6 Å². The number of benzene rings is 1. The fourth-order valence-corrected chi connectivity index (χ4v) is 3.89. The predicted octanol–water partition coefficient (Wildman–Crippen LogP) is 3.20. The maximum atomic E-state index is 12.7. The van der Waals surface area contributed by atoms with Gasteiger partial charge in [-0.05, 0) is 51.0 Å². The molecule has 1 aromatic carbocycles. The molecule has 9 nitrogen and oxygen atoms in total. The molecule has 1 saturated heterocycles. The molecule has 0 spiro atoms. The van der Waals surface area contributed by atoms with Crippen LogP contribution >= 0.6 is 0 Å². The van der Waals surface area contributed by atoms with E-state index in [0.717, 1.165) is 48.6 Å². The summed E-state index contributed by atoms with van der Waals surface area (Å²) in [4.78, 5) is 25.8. The van der Waals surface area contributed by atoms with Crippen molar-refractivity contribution in [1.29, 1.82) is 5.41 Å². The molecule has 0 atom stereocenters. The first-order valence-corrected chi connectivity index (χ1v) is 11.6. The van der Waals surface area contributed by atoms with Gasteiger partial charge in [0.05, 0.1) is 11.4 Å². The number of anilines is 1. The molecule has 0 saturated carbocycles. The molecule has 0 radical (unpaired) electrons. The Morgan fingerprint density at radius 1 is 1.18 bits per heavy atom. The largest absolute Gasteiger partial charge is 0.392 e. The Bertz CT molecular complexity index is 1040. The number of allylic oxidation sites excluding steroid dienone is 1. The van der Waals surface area contributed by atoms with E-state index < -0.39 is 0 Å². The van der Waals surface area contributed by atoms with Gasteiger partial charge in [0.15, 0.2) is 0 Å². The lowest BCUT2D eigenvalue weighted by molar-refractivity contribution is 0.0742. The number of urea groups is 1. The molecule has 9 heteroatoms. The highest BCUT2D eigenvalue weighted by Gasteiger charge is 2.27. The maximum absolute atomic E-state index is 12.7. The zero-order chi connectivity index (χ0) is 24.7. The number of piperazine rings is 1.